The topological polar surface area (TPSA) is 47.3 Å². The van der Waals surface area contributed by atoms with Crippen molar-refractivity contribution in [1.29, 1.82) is 0 Å². The highest BCUT2D eigenvalue weighted by Gasteiger charge is 2.23. The Morgan fingerprint density at radius 2 is 1.95 bits per heavy atom. The van der Waals surface area contributed by atoms with Crippen molar-refractivity contribution in [3.05, 3.63) is 51.9 Å². The average Bonchev–Trinajstić information content (AvgIpc) is 2.85. The molecule has 1 aliphatic carbocycles. The maximum atomic E-state index is 12.0. The number of aryl methyl sites for hydroxylation is 2. The van der Waals surface area contributed by atoms with E-state index in [1.807, 2.05) is 23.6 Å². The number of nitrogens with zero attached hydrogens (tertiary/aromatic N) is 3. The number of rotatable bonds is 1. The highest BCUT2D eigenvalue weighted by atomic mass is 79.9. The van der Waals surface area contributed by atoms with Crippen molar-refractivity contribution in [2.24, 2.45) is 0 Å². The Labute approximate surface area is 136 Å². The van der Waals surface area contributed by atoms with Gasteiger partial charge in [-0.1, -0.05) is 28.1 Å². The number of hydrogen-bond donors (Lipinski definition) is 0. The molecule has 0 saturated carbocycles. The average molecular weight is 356 g/mol. The highest BCUT2D eigenvalue weighted by molar-refractivity contribution is 9.10. The minimum Gasteiger partial charge on any atom is -0.294 e. The molecular formula is C17H14BrN3O. The van der Waals surface area contributed by atoms with E-state index in [0.717, 1.165) is 51.0 Å². The minimum absolute atomic E-state index is 0.175. The molecule has 0 atom stereocenters. The van der Waals surface area contributed by atoms with Crippen LogP contribution in [0.15, 0.2) is 34.9 Å². The molecule has 3 aromatic rings. The van der Waals surface area contributed by atoms with Crippen molar-refractivity contribution >= 4 is 27.4 Å². The molecule has 0 amide bonds. The van der Waals surface area contributed by atoms with Crippen molar-refractivity contribution in [2.45, 2.75) is 26.2 Å². The lowest BCUT2D eigenvalue weighted by Gasteiger charge is -2.15. The van der Waals surface area contributed by atoms with Gasteiger partial charge in [0.15, 0.2) is 11.4 Å². The van der Waals surface area contributed by atoms with E-state index in [1.165, 1.54) is 0 Å². The van der Waals surface area contributed by atoms with Crippen LogP contribution in [0.2, 0.25) is 0 Å². The number of hydrogen-bond acceptors (Lipinski definition) is 3. The Morgan fingerprint density at radius 3 is 2.73 bits per heavy atom. The van der Waals surface area contributed by atoms with Crippen LogP contribution in [0, 0.1) is 6.92 Å². The van der Waals surface area contributed by atoms with Gasteiger partial charge in [-0.2, -0.15) is 5.10 Å². The summed E-state index contributed by atoms with van der Waals surface area (Å²) in [5.74, 6) is 0.175. The Morgan fingerprint density at radius 1 is 1.18 bits per heavy atom. The fourth-order valence-electron chi connectivity index (χ4n) is 3.12. The zero-order valence-electron chi connectivity index (χ0n) is 12.1. The molecule has 4 rings (SSSR count). The summed E-state index contributed by atoms with van der Waals surface area (Å²) in [5.41, 5.74) is 5.60. The van der Waals surface area contributed by atoms with Gasteiger partial charge in [-0.15, -0.1) is 0 Å². The molecule has 0 saturated heterocycles. The smallest absolute Gasteiger partial charge is 0.166 e. The maximum Gasteiger partial charge on any atom is 0.166 e. The lowest BCUT2D eigenvalue weighted by Crippen LogP contribution is -2.16. The maximum absolute atomic E-state index is 12.0. The first-order chi connectivity index (χ1) is 10.6. The number of halogens is 1. The van der Waals surface area contributed by atoms with E-state index >= 15 is 0 Å². The molecule has 0 spiro atoms. The Kier molecular flexibility index (Phi) is 3.11. The van der Waals surface area contributed by atoms with Gasteiger partial charge in [-0.3, -0.25) is 4.79 Å². The quantitative estimate of drug-likeness (QED) is 0.663. The first kappa shape index (κ1) is 13.6. The van der Waals surface area contributed by atoms with Crippen molar-refractivity contribution in [3.63, 3.8) is 0 Å². The van der Waals surface area contributed by atoms with Gasteiger partial charge in [0.25, 0.3) is 0 Å². The lowest BCUT2D eigenvalue weighted by atomic mass is 9.96. The minimum atomic E-state index is 0.175. The second-order valence-electron chi connectivity index (χ2n) is 5.60. The van der Waals surface area contributed by atoms with E-state index in [1.54, 1.807) is 6.20 Å². The summed E-state index contributed by atoms with van der Waals surface area (Å²) >= 11 is 3.46. The van der Waals surface area contributed by atoms with Crippen LogP contribution in [0.25, 0.3) is 16.8 Å². The van der Waals surface area contributed by atoms with Crippen LogP contribution in [0.4, 0.5) is 0 Å². The summed E-state index contributed by atoms with van der Waals surface area (Å²) in [7, 11) is 0. The van der Waals surface area contributed by atoms with Crippen LogP contribution in [0.3, 0.4) is 0 Å². The number of fused-ring (bicyclic) bond motifs is 3. The Balaban J connectivity index is 1.99. The molecular weight excluding hydrogens is 342 g/mol. The van der Waals surface area contributed by atoms with Gasteiger partial charge in [0.1, 0.15) is 0 Å². The van der Waals surface area contributed by atoms with E-state index < -0.39 is 0 Å². The van der Waals surface area contributed by atoms with Gasteiger partial charge in [-0.25, -0.2) is 9.50 Å². The zero-order valence-corrected chi connectivity index (χ0v) is 13.7. The second kappa shape index (κ2) is 5.02. The normalized spacial score (nSPS) is 14.4. The van der Waals surface area contributed by atoms with Gasteiger partial charge < -0.3 is 0 Å². The van der Waals surface area contributed by atoms with Gasteiger partial charge in [0, 0.05) is 22.7 Å². The molecule has 0 N–H and O–H groups in total. The van der Waals surface area contributed by atoms with Crippen molar-refractivity contribution < 1.29 is 4.79 Å². The van der Waals surface area contributed by atoms with E-state index in [9.17, 15) is 4.79 Å². The van der Waals surface area contributed by atoms with Crippen LogP contribution in [0.5, 0.6) is 0 Å². The van der Waals surface area contributed by atoms with Crippen LogP contribution >= 0.6 is 15.9 Å². The third-order valence-electron chi connectivity index (χ3n) is 4.17. The lowest BCUT2D eigenvalue weighted by molar-refractivity contribution is 0.0970. The second-order valence-corrected chi connectivity index (χ2v) is 6.51. The molecule has 5 heteroatoms. The van der Waals surface area contributed by atoms with Crippen LogP contribution in [-0.2, 0) is 6.42 Å². The monoisotopic (exact) mass is 355 g/mol. The zero-order chi connectivity index (χ0) is 15.3. The third kappa shape index (κ3) is 2.00. The van der Waals surface area contributed by atoms with Crippen LogP contribution < -0.4 is 0 Å². The summed E-state index contributed by atoms with van der Waals surface area (Å²) in [6, 6.07) is 8.14. The summed E-state index contributed by atoms with van der Waals surface area (Å²) in [6.45, 7) is 1.99. The number of carbonyl (C=O) groups is 1. The fourth-order valence-corrected chi connectivity index (χ4v) is 3.38. The fraction of sp³-hybridized carbons (Fsp3) is 0.235. The summed E-state index contributed by atoms with van der Waals surface area (Å²) in [6.07, 6.45) is 4.09. The summed E-state index contributed by atoms with van der Waals surface area (Å²) in [5, 5.41) is 4.65. The molecule has 2 heterocycles. The van der Waals surface area contributed by atoms with Crippen molar-refractivity contribution in [3.8, 4) is 11.1 Å². The van der Waals surface area contributed by atoms with Crippen molar-refractivity contribution in [1.82, 2.24) is 14.6 Å². The Hall–Kier alpha value is -2.01. The van der Waals surface area contributed by atoms with Gasteiger partial charge in [0.2, 0.25) is 0 Å². The highest BCUT2D eigenvalue weighted by Crippen LogP contribution is 2.30. The molecule has 110 valence electrons. The first-order valence-corrected chi connectivity index (χ1v) is 8.11. The molecule has 2 aromatic heterocycles. The van der Waals surface area contributed by atoms with Crippen molar-refractivity contribution in [2.75, 3.05) is 0 Å². The molecule has 0 unspecified atom stereocenters. The SMILES string of the molecule is Cc1nn2c3c(cnc2c1-c1ccc(Br)cc1)C(=O)CCC3. The van der Waals surface area contributed by atoms with Gasteiger partial charge in [0.05, 0.1) is 17.0 Å². The number of carbonyl (C=O) groups excluding carboxylic acids is 1. The van der Waals surface area contributed by atoms with Crippen LogP contribution in [-0.4, -0.2) is 20.4 Å². The van der Waals surface area contributed by atoms with Gasteiger partial charge in [-0.05, 0) is 37.5 Å². The van der Waals surface area contributed by atoms with Gasteiger partial charge >= 0.3 is 0 Å². The number of aromatic nitrogens is 3. The molecule has 22 heavy (non-hydrogen) atoms. The Bertz CT molecular complexity index is 896. The summed E-state index contributed by atoms with van der Waals surface area (Å²) in [4.78, 5) is 16.6. The summed E-state index contributed by atoms with van der Waals surface area (Å²) < 4.78 is 2.90. The molecule has 1 aromatic carbocycles. The number of benzene rings is 1. The molecule has 1 aliphatic rings. The molecule has 4 nitrogen and oxygen atoms in total. The van der Waals surface area contributed by atoms with Crippen LogP contribution in [0.1, 0.15) is 34.6 Å². The van der Waals surface area contributed by atoms with E-state index in [4.69, 9.17) is 0 Å². The number of ketones is 1. The molecule has 0 aliphatic heterocycles. The predicted octanol–water partition coefficient (Wildman–Crippen LogP) is 3.99. The predicted molar refractivity (Wildman–Crippen MR) is 88.1 cm³/mol. The third-order valence-corrected chi connectivity index (χ3v) is 4.70. The first-order valence-electron chi connectivity index (χ1n) is 7.31. The largest absolute Gasteiger partial charge is 0.294 e. The molecule has 0 bridgehead atoms. The number of Topliss-reactive ketones (excluding diaryl/α,β-unsaturated/α-hetero) is 1. The molecule has 0 fully saturated rings. The van der Waals surface area contributed by atoms with E-state index in [0.29, 0.717) is 6.42 Å². The molecule has 0 radical (unpaired) electrons. The standard InChI is InChI=1S/C17H14BrN3O/c1-10-16(11-5-7-12(18)8-6-11)17-19-9-13-14(21(17)20-10)3-2-4-15(13)22/h5-9H,2-4H2,1H3. The van der Waals surface area contributed by atoms with E-state index in [-0.39, 0.29) is 5.78 Å². The van der Waals surface area contributed by atoms with E-state index in [2.05, 4.69) is 38.1 Å².